The summed E-state index contributed by atoms with van der Waals surface area (Å²) in [7, 11) is 0. The van der Waals surface area contributed by atoms with E-state index in [1.54, 1.807) is 22.7 Å². The van der Waals surface area contributed by atoms with Crippen LogP contribution in [0.4, 0.5) is 5.00 Å². The predicted octanol–water partition coefficient (Wildman–Crippen LogP) is 5.13. The Hall–Kier alpha value is -1.44. The van der Waals surface area contributed by atoms with Gasteiger partial charge >= 0.3 is 5.97 Å². The van der Waals surface area contributed by atoms with Crippen molar-refractivity contribution in [1.82, 2.24) is 5.32 Å². The minimum absolute atomic E-state index is 0.242. The highest BCUT2D eigenvalue weighted by Gasteiger charge is 2.25. The molecular formula is C19H24N2O2S3. The van der Waals surface area contributed by atoms with E-state index < -0.39 is 0 Å². The second-order valence-electron chi connectivity index (χ2n) is 6.23. The number of carbonyl (C=O) groups excluding carboxylic acids is 1. The number of rotatable bonds is 5. The molecule has 2 N–H and O–H groups in total. The number of anilines is 1. The average molecular weight is 409 g/mol. The van der Waals surface area contributed by atoms with Gasteiger partial charge in [0.05, 0.1) is 18.7 Å². The van der Waals surface area contributed by atoms with Crippen LogP contribution in [0.15, 0.2) is 17.5 Å². The average Bonchev–Trinajstić information content (AvgIpc) is 3.21. The molecule has 2 aromatic heterocycles. The molecule has 7 heteroatoms. The summed E-state index contributed by atoms with van der Waals surface area (Å²) in [5, 5.41) is 9.88. The molecule has 3 rings (SSSR count). The zero-order valence-corrected chi connectivity index (χ0v) is 17.4. The van der Waals surface area contributed by atoms with Crippen LogP contribution in [0.5, 0.6) is 0 Å². The van der Waals surface area contributed by atoms with Crippen LogP contribution in [-0.4, -0.2) is 17.7 Å². The summed E-state index contributed by atoms with van der Waals surface area (Å²) in [6, 6.07) is 4.09. The molecule has 0 spiro atoms. The number of esters is 1. The largest absolute Gasteiger partial charge is 0.462 e. The van der Waals surface area contributed by atoms with Crippen LogP contribution in [0, 0.1) is 0 Å². The van der Waals surface area contributed by atoms with Crippen molar-refractivity contribution in [2.24, 2.45) is 0 Å². The van der Waals surface area contributed by atoms with Gasteiger partial charge in [-0.1, -0.05) is 18.9 Å². The van der Waals surface area contributed by atoms with Crippen molar-refractivity contribution >= 4 is 51.0 Å². The van der Waals surface area contributed by atoms with Crippen LogP contribution in [-0.2, 0) is 24.1 Å². The minimum atomic E-state index is -0.242. The SMILES string of the molecule is CCOC(=O)c1c(NC(=S)NCc2cccs2)sc2c1CCCCCC2. The normalized spacial score (nSPS) is 14.0. The Morgan fingerprint density at radius 2 is 2.08 bits per heavy atom. The molecular weight excluding hydrogens is 384 g/mol. The highest BCUT2D eigenvalue weighted by Crippen LogP contribution is 2.37. The molecule has 2 heterocycles. The molecule has 2 aromatic rings. The van der Waals surface area contributed by atoms with E-state index in [0.29, 0.717) is 23.8 Å². The lowest BCUT2D eigenvalue weighted by Gasteiger charge is -2.12. The number of hydrogen-bond acceptors (Lipinski definition) is 5. The monoisotopic (exact) mass is 408 g/mol. The van der Waals surface area contributed by atoms with Crippen LogP contribution in [0.3, 0.4) is 0 Å². The zero-order chi connectivity index (χ0) is 18.4. The Morgan fingerprint density at radius 3 is 2.81 bits per heavy atom. The summed E-state index contributed by atoms with van der Waals surface area (Å²) in [6.45, 7) is 2.90. The van der Waals surface area contributed by atoms with E-state index in [1.165, 1.54) is 29.0 Å². The van der Waals surface area contributed by atoms with Gasteiger partial charge in [0.2, 0.25) is 0 Å². The van der Waals surface area contributed by atoms with E-state index in [2.05, 4.69) is 16.7 Å². The standard InChI is InChI=1S/C19H24N2O2S3/c1-2-23-18(22)16-14-9-5-3-4-6-10-15(14)26-17(16)21-19(24)20-12-13-8-7-11-25-13/h7-8,11H,2-6,9-10,12H2,1H3,(H2,20,21,24). The zero-order valence-electron chi connectivity index (χ0n) is 14.9. The van der Waals surface area contributed by atoms with Gasteiger partial charge in [-0.3, -0.25) is 0 Å². The highest BCUT2D eigenvalue weighted by atomic mass is 32.1. The van der Waals surface area contributed by atoms with Gasteiger partial charge in [-0.05, 0) is 61.8 Å². The van der Waals surface area contributed by atoms with Gasteiger partial charge in [0.15, 0.2) is 5.11 Å². The first-order valence-corrected chi connectivity index (χ1v) is 11.2. The van der Waals surface area contributed by atoms with E-state index in [9.17, 15) is 4.79 Å². The van der Waals surface area contributed by atoms with Crippen molar-refractivity contribution in [3.63, 3.8) is 0 Å². The fourth-order valence-electron chi connectivity index (χ4n) is 3.15. The number of thiocarbonyl (C=S) groups is 1. The molecule has 0 amide bonds. The summed E-state index contributed by atoms with van der Waals surface area (Å²) in [5.74, 6) is -0.242. The molecule has 1 aliphatic rings. The summed E-state index contributed by atoms with van der Waals surface area (Å²) in [5.41, 5.74) is 1.85. The van der Waals surface area contributed by atoms with E-state index in [-0.39, 0.29) is 5.97 Å². The molecule has 0 bridgehead atoms. The third-order valence-corrected chi connectivity index (χ3v) is 6.71. The van der Waals surface area contributed by atoms with Crippen LogP contribution in [0.2, 0.25) is 0 Å². The lowest BCUT2D eigenvalue weighted by molar-refractivity contribution is 0.0526. The van der Waals surface area contributed by atoms with Crippen molar-refractivity contribution in [1.29, 1.82) is 0 Å². The van der Waals surface area contributed by atoms with Crippen molar-refractivity contribution in [2.45, 2.75) is 52.0 Å². The van der Waals surface area contributed by atoms with E-state index in [4.69, 9.17) is 17.0 Å². The second kappa shape index (κ2) is 9.48. The van der Waals surface area contributed by atoms with Crippen LogP contribution in [0.25, 0.3) is 0 Å². The first-order valence-electron chi connectivity index (χ1n) is 9.08. The van der Waals surface area contributed by atoms with Crippen LogP contribution < -0.4 is 10.6 Å². The molecule has 0 aliphatic heterocycles. The van der Waals surface area contributed by atoms with Gasteiger partial charge in [0.25, 0.3) is 0 Å². The summed E-state index contributed by atoms with van der Waals surface area (Å²) in [6.07, 6.45) is 6.75. The van der Waals surface area contributed by atoms with Gasteiger partial charge in [0.1, 0.15) is 5.00 Å². The van der Waals surface area contributed by atoms with Gasteiger partial charge in [-0.25, -0.2) is 4.79 Å². The minimum Gasteiger partial charge on any atom is -0.462 e. The van der Waals surface area contributed by atoms with E-state index >= 15 is 0 Å². The number of carbonyl (C=O) groups is 1. The van der Waals surface area contributed by atoms with Gasteiger partial charge in [-0.2, -0.15) is 0 Å². The topological polar surface area (TPSA) is 50.4 Å². The molecule has 0 unspecified atom stereocenters. The van der Waals surface area contributed by atoms with E-state index in [0.717, 1.165) is 29.8 Å². The Balaban J connectivity index is 1.78. The Labute approximate surface area is 168 Å². The molecule has 140 valence electrons. The smallest absolute Gasteiger partial charge is 0.341 e. The lowest BCUT2D eigenvalue weighted by Crippen LogP contribution is -2.28. The number of fused-ring (bicyclic) bond motifs is 1. The maximum absolute atomic E-state index is 12.6. The van der Waals surface area contributed by atoms with Crippen LogP contribution >= 0.6 is 34.9 Å². The van der Waals surface area contributed by atoms with Gasteiger partial charge < -0.3 is 15.4 Å². The molecule has 4 nitrogen and oxygen atoms in total. The predicted molar refractivity (Wildman–Crippen MR) is 114 cm³/mol. The molecule has 26 heavy (non-hydrogen) atoms. The Morgan fingerprint density at radius 1 is 1.27 bits per heavy atom. The number of hydrogen-bond donors (Lipinski definition) is 2. The van der Waals surface area contributed by atoms with Crippen LogP contribution in [0.1, 0.15) is 58.3 Å². The first kappa shape index (κ1) is 19.3. The maximum atomic E-state index is 12.6. The lowest BCUT2D eigenvalue weighted by atomic mass is 9.96. The molecule has 0 saturated carbocycles. The maximum Gasteiger partial charge on any atom is 0.341 e. The third kappa shape index (κ3) is 4.84. The molecule has 0 fully saturated rings. The molecule has 0 saturated heterocycles. The molecule has 0 atom stereocenters. The third-order valence-electron chi connectivity index (χ3n) is 4.38. The van der Waals surface area contributed by atoms with Gasteiger partial charge in [0, 0.05) is 9.75 Å². The molecule has 0 aromatic carbocycles. The highest BCUT2D eigenvalue weighted by molar-refractivity contribution is 7.80. The summed E-state index contributed by atoms with van der Waals surface area (Å²) < 4.78 is 5.33. The van der Waals surface area contributed by atoms with Crippen molar-refractivity contribution in [2.75, 3.05) is 11.9 Å². The molecule has 1 aliphatic carbocycles. The second-order valence-corrected chi connectivity index (χ2v) is 8.78. The number of aryl methyl sites for hydroxylation is 1. The first-order chi connectivity index (χ1) is 12.7. The quantitative estimate of drug-likeness (QED) is 0.530. The summed E-state index contributed by atoms with van der Waals surface area (Å²) >= 11 is 8.80. The van der Waals surface area contributed by atoms with Crippen molar-refractivity contribution < 1.29 is 9.53 Å². The Kier molecular flexibility index (Phi) is 7.05. The van der Waals surface area contributed by atoms with E-state index in [1.807, 2.05) is 18.4 Å². The number of thiophene rings is 2. The van der Waals surface area contributed by atoms with Crippen molar-refractivity contribution in [3.8, 4) is 0 Å². The molecule has 0 radical (unpaired) electrons. The van der Waals surface area contributed by atoms with Gasteiger partial charge in [-0.15, -0.1) is 22.7 Å². The summed E-state index contributed by atoms with van der Waals surface area (Å²) in [4.78, 5) is 15.1. The fraction of sp³-hybridized carbons (Fsp3) is 0.474. The fourth-order valence-corrected chi connectivity index (χ4v) is 5.32. The van der Waals surface area contributed by atoms with Crippen molar-refractivity contribution in [3.05, 3.63) is 38.4 Å². The Bertz CT molecular complexity index is 753. The number of ether oxygens (including phenoxy) is 1. The number of nitrogens with one attached hydrogen (secondary N) is 2.